The van der Waals surface area contributed by atoms with E-state index in [-0.39, 0.29) is 29.9 Å². The van der Waals surface area contributed by atoms with Crippen molar-refractivity contribution in [2.24, 2.45) is 4.99 Å². The fraction of sp³-hybridized carbons (Fsp3) is 0.667. The third-order valence-electron chi connectivity index (χ3n) is 4.68. The van der Waals surface area contributed by atoms with Gasteiger partial charge in [0.1, 0.15) is 5.82 Å². The number of aromatic nitrogens is 1. The number of carbonyl (C=O) groups is 1. The lowest BCUT2D eigenvalue weighted by Crippen LogP contribution is -2.47. The van der Waals surface area contributed by atoms with E-state index in [0.29, 0.717) is 24.9 Å². The van der Waals surface area contributed by atoms with Crippen LogP contribution >= 0.6 is 24.0 Å². The van der Waals surface area contributed by atoms with Gasteiger partial charge in [-0.05, 0) is 45.2 Å². The number of guanidine groups is 1. The highest BCUT2D eigenvalue weighted by Crippen LogP contribution is 2.14. The Bertz CT molecular complexity index is 651. The van der Waals surface area contributed by atoms with Gasteiger partial charge in [0.25, 0.3) is 0 Å². The maximum absolute atomic E-state index is 12.1. The lowest BCUT2D eigenvalue weighted by molar-refractivity contribution is -0.116. The second-order valence-electron chi connectivity index (χ2n) is 7.10. The zero-order valence-electron chi connectivity index (χ0n) is 18.4. The van der Waals surface area contributed by atoms with Crippen molar-refractivity contribution in [2.45, 2.75) is 45.6 Å². The minimum absolute atomic E-state index is 0. The molecule has 1 aromatic heterocycles. The van der Waals surface area contributed by atoms with E-state index in [2.05, 4.69) is 32.4 Å². The first-order chi connectivity index (χ1) is 14.1. The number of hydrogen-bond donors (Lipinski definition) is 2. The summed E-state index contributed by atoms with van der Waals surface area (Å²) < 4.78 is 11.0. The van der Waals surface area contributed by atoms with Crippen molar-refractivity contribution in [1.29, 1.82) is 0 Å². The molecular weight excluding hydrogens is 497 g/mol. The predicted molar refractivity (Wildman–Crippen MR) is 131 cm³/mol. The molecule has 1 aromatic rings. The molecule has 2 N–H and O–H groups in total. The average molecular weight is 533 g/mol. The van der Waals surface area contributed by atoms with Crippen molar-refractivity contribution >= 4 is 41.7 Å². The zero-order chi connectivity index (χ0) is 20.9. The van der Waals surface area contributed by atoms with Crippen LogP contribution in [0.3, 0.4) is 0 Å². The molecule has 1 amide bonds. The molecule has 0 aromatic carbocycles. The highest BCUT2D eigenvalue weighted by atomic mass is 127. The van der Waals surface area contributed by atoms with Crippen LogP contribution in [-0.2, 0) is 14.3 Å². The lowest BCUT2D eigenvalue weighted by Gasteiger charge is -2.34. The molecular formula is C21H36IN5O3. The predicted octanol–water partition coefficient (Wildman–Crippen LogP) is 2.82. The Morgan fingerprint density at radius 2 is 2.07 bits per heavy atom. The number of anilines is 1. The van der Waals surface area contributed by atoms with E-state index in [1.54, 1.807) is 13.2 Å². The fourth-order valence-electron chi connectivity index (χ4n) is 3.19. The van der Waals surface area contributed by atoms with E-state index < -0.39 is 0 Å². The molecule has 9 heteroatoms. The van der Waals surface area contributed by atoms with Crippen LogP contribution in [0.5, 0.6) is 0 Å². The molecule has 0 spiro atoms. The maximum atomic E-state index is 12.1. The Labute approximate surface area is 197 Å². The Balaban J connectivity index is 0.00000450. The molecule has 0 aliphatic carbocycles. The number of aryl methyl sites for hydroxylation is 1. The number of ether oxygens (including phenoxy) is 2. The Kier molecular flexibility index (Phi) is 13.6. The first kappa shape index (κ1) is 26.6. The Hall–Kier alpha value is -1.46. The van der Waals surface area contributed by atoms with Crippen LogP contribution in [0, 0.1) is 6.92 Å². The van der Waals surface area contributed by atoms with Gasteiger partial charge in [0, 0.05) is 52.1 Å². The highest BCUT2D eigenvalue weighted by molar-refractivity contribution is 14.0. The molecule has 0 atom stereocenters. The number of nitrogens with zero attached hydrogens (tertiary/aromatic N) is 3. The molecule has 1 fully saturated rings. The van der Waals surface area contributed by atoms with Gasteiger partial charge in [0.2, 0.25) is 5.91 Å². The van der Waals surface area contributed by atoms with Crippen molar-refractivity contribution in [2.75, 3.05) is 51.8 Å². The zero-order valence-corrected chi connectivity index (χ0v) is 20.7. The van der Waals surface area contributed by atoms with Crippen LogP contribution in [0.25, 0.3) is 0 Å². The van der Waals surface area contributed by atoms with Gasteiger partial charge in [-0.3, -0.25) is 9.79 Å². The molecule has 30 heavy (non-hydrogen) atoms. The van der Waals surface area contributed by atoms with E-state index in [4.69, 9.17) is 9.47 Å². The van der Waals surface area contributed by atoms with Gasteiger partial charge in [-0.1, -0.05) is 6.07 Å². The summed E-state index contributed by atoms with van der Waals surface area (Å²) >= 11 is 0. The normalized spacial score (nSPS) is 14.9. The van der Waals surface area contributed by atoms with Crippen molar-refractivity contribution in [3.63, 3.8) is 0 Å². The number of halogens is 1. The molecule has 170 valence electrons. The average Bonchev–Trinajstić information content (AvgIpc) is 2.71. The first-order valence-corrected chi connectivity index (χ1v) is 10.5. The molecule has 0 radical (unpaired) electrons. The summed E-state index contributed by atoms with van der Waals surface area (Å²) in [6.45, 7) is 8.48. The molecule has 0 bridgehead atoms. The van der Waals surface area contributed by atoms with Crippen molar-refractivity contribution in [3.05, 3.63) is 23.9 Å². The van der Waals surface area contributed by atoms with Crippen molar-refractivity contribution < 1.29 is 14.3 Å². The van der Waals surface area contributed by atoms with Crippen LogP contribution in [-0.4, -0.2) is 74.4 Å². The summed E-state index contributed by atoms with van der Waals surface area (Å²) in [5, 5.41) is 6.16. The molecule has 1 saturated heterocycles. The summed E-state index contributed by atoms with van der Waals surface area (Å²) in [6.07, 6.45) is 3.52. The van der Waals surface area contributed by atoms with Gasteiger partial charge in [-0.2, -0.15) is 0 Å². The Morgan fingerprint density at radius 1 is 1.30 bits per heavy atom. The number of amides is 1. The molecule has 0 unspecified atom stereocenters. The number of nitrogens with one attached hydrogen (secondary N) is 2. The second kappa shape index (κ2) is 15.4. The monoisotopic (exact) mass is 533 g/mol. The molecule has 8 nitrogen and oxygen atoms in total. The summed E-state index contributed by atoms with van der Waals surface area (Å²) in [7, 11) is 1.71. The van der Waals surface area contributed by atoms with Crippen molar-refractivity contribution in [3.8, 4) is 0 Å². The molecule has 2 heterocycles. The Morgan fingerprint density at radius 3 is 2.73 bits per heavy atom. The third-order valence-corrected chi connectivity index (χ3v) is 4.68. The van der Waals surface area contributed by atoms with Crippen LogP contribution in [0.1, 0.15) is 38.3 Å². The molecule has 1 aliphatic rings. The molecule has 2 rings (SSSR count). The van der Waals surface area contributed by atoms with Gasteiger partial charge in [0.15, 0.2) is 5.96 Å². The van der Waals surface area contributed by atoms with E-state index in [0.717, 1.165) is 63.8 Å². The molecule has 0 saturated carbocycles. The summed E-state index contributed by atoms with van der Waals surface area (Å²) in [5.41, 5.74) is 0.876. The topological polar surface area (TPSA) is 88.1 Å². The minimum Gasteiger partial charge on any atom is -0.385 e. The number of piperidine rings is 1. The molecule has 1 aliphatic heterocycles. The lowest BCUT2D eigenvalue weighted by atomic mass is 10.1. The van der Waals surface area contributed by atoms with Gasteiger partial charge in [0.05, 0.1) is 12.6 Å². The summed E-state index contributed by atoms with van der Waals surface area (Å²) in [6, 6.07) is 5.57. The van der Waals surface area contributed by atoms with E-state index in [1.165, 1.54) is 0 Å². The van der Waals surface area contributed by atoms with Crippen LogP contribution in [0.2, 0.25) is 0 Å². The third kappa shape index (κ3) is 10.0. The van der Waals surface area contributed by atoms with E-state index in [9.17, 15) is 4.79 Å². The fourth-order valence-corrected chi connectivity index (χ4v) is 3.19. The number of likely N-dealkylation sites (tertiary alicyclic amines) is 1. The van der Waals surface area contributed by atoms with Crippen molar-refractivity contribution in [1.82, 2.24) is 15.2 Å². The SMILES string of the molecule is CCNC(=NCCC(=O)Nc1cccc(C)n1)N1CCC(OCCCOC)CC1.I. The maximum Gasteiger partial charge on any atom is 0.227 e. The van der Waals surface area contributed by atoms with E-state index >= 15 is 0 Å². The first-order valence-electron chi connectivity index (χ1n) is 10.5. The number of aliphatic imine (C=N–C) groups is 1. The van der Waals surface area contributed by atoms with Crippen LogP contribution < -0.4 is 10.6 Å². The van der Waals surface area contributed by atoms with Crippen LogP contribution in [0.15, 0.2) is 23.2 Å². The van der Waals surface area contributed by atoms with Gasteiger partial charge in [-0.15, -0.1) is 24.0 Å². The van der Waals surface area contributed by atoms with Crippen LogP contribution in [0.4, 0.5) is 5.82 Å². The minimum atomic E-state index is -0.0779. The standard InChI is InChI=1S/C21H35N5O3.HI/c1-4-22-21(26-13-10-18(11-14-26)29-16-6-15-28-3)23-12-9-20(27)25-19-8-5-7-17(2)24-19;/h5,7-8,18H,4,6,9-16H2,1-3H3,(H,22,23)(H,24,25,27);1H. The van der Waals surface area contributed by atoms with Gasteiger partial charge in [-0.25, -0.2) is 4.98 Å². The summed E-state index contributed by atoms with van der Waals surface area (Å²) in [4.78, 5) is 23.3. The van der Waals surface area contributed by atoms with Gasteiger partial charge < -0.3 is 25.0 Å². The number of hydrogen-bond acceptors (Lipinski definition) is 5. The number of carbonyl (C=O) groups excluding carboxylic acids is 1. The second-order valence-corrected chi connectivity index (χ2v) is 7.10. The largest absolute Gasteiger partial charge is 0.385 e. The number of pyridine rings is 1. The highest BCUT2D eigenvalue weighted by Gasteiger charge is 2.21. The quantitative estimate of drug-likeness (QED) is 0.208. The summed E-state index contributed by atoms with van der Waals surface area (Å²) in [5.74, 6) is 1.37. The smallest absolute Gasteiger partial charge is 0.227 e. The number of methoxy groups -OCH3 is 1. The van der Waals surface area contributed by atoms with Gasteiger partial charge >= 0.3 is 0 Å². The van der Waals surface area contributed by atoms with E-state index in [1.807, 2.05) is 19.1 Å². The number of rotatable bonds is 10.